The van der Waals surface area contributed by atoms with Crippen molar-refractivity contribution in [1.82, 2.24) is 14.8 Å². The van der Waals surface area contributed by atoms with E-state index in [1.165, 1.54) is 17.2 Å². The maximum atomic E-state index is 11.8. The average Bonchev–Trinajstić information content (AvgIpc) is 2.99. The minimum atomic E-state index is -0.175. The van der Waals surface area contributed by atoms with Gasteiger partial charge in [0.15, 0.2) is 5.82 Å². The molecule has 0 fully saturated rings. The zero-order chi connectivity index (χ0) is 16.2. The molecule has 0 amide bonds. The second kappa shape index (κ2) is 6.44. The summed E-state index contributed by atoms with van der Waals surface area (Å²) in [4.78, 5) is 16.3. The average molecular weight is 306 g/mol. The van der Waals surface area contributed by atoms with Gasteiger partial charge in [-0.25, -0.2) is 0 Å². The van der Waals surface area contributed by atoms with Crippen LogP contribution in [0.3, 0.4) is 0 Å². The van der Waals surface area contributed by atoms with E-state index in [0.717, 1.165) is 11.1 Å². The second-order valence-electron chi connectivity index (χ2n) is 5.40. The van der Waals surface area contributed by atoms with Gasteiger partial charge in [-0.1, -0.05) is 60.2 Å². The number of rotatable bonds is 4. The van der Waals surface area contributed by atoms with Crippen molar-refractivity contribution in [3.8, 4) is 11.4 Å². The summed E-state index contributed by atoms with van der Waals surface area (Å²) in [5.74, 6) is 0.819. The fourth-order valence-electron chi connectivity index (χ4n) is 2.25. The van der Waals surface area contributed by atoms with Crippen molar-refractivity contribution in [2.75, 3.05) is 5.32 Å². The number of anilines is 1. The number of benzene rings is 2. The Hall–Kier alpha value is -2.95. The zero-order valence-corrected chi connectivity index (χ0v) is 13.2. The summed E-state index contributed by atoms with van der Waals surface area (Å²) in [6.45, 7) is 4.08. The van der Waals surface area contributed by atoms with Gasteiger partial charge in [0.2, 0.25) is 11.9 Å². The van der Waals surface area contributed by atoms with Crippen molar-refractivity contribution >= 4 is 11.9 Å². The van der Waals surface area contributed by atoms with E-state index in [2.05, 4.69) is 15.4 Å². The van der Waals surface area contributed by atoms with E-state index in [-0.39, 0.29) is 5.91 Å². The van der Waals surface area contributed by atoms with Crippen molar-refractivity contribution in [3.05, 3.63) is 65.7 Å². The molecule has 0 spiro atoms. The van der Waals surface area contributed by atoms with Crippen LogP contribution >= 0.6 is 0 Å². The molecule has 116 valence electrons. The molecule has 5 nitrogen and oxygen atoms in total. The zero-order valence-electron chi connectivity index (χ0n) is 13.2. The highest BCUT2D eigenvalue weighted by Crippen LogP contribution is 2.19. The maximum Gasteiger partial charge on any atom is 0.246 e. The summed E-state index contributed by atoms with van der Waals surface area (Å²) < 4.78 is 1.30. The number of nitrogens with zero attached hydrogens (tertiary/aromatic N) is 3. The predicted molar refractivity (Wildman–Crippen MR) is 90.3 cm³/mol. The molecule has 2 aromatic carbocycles. The molecule has 5 heteroatoms. The molecule has 1 aromatic heterocycles. The first-order valence-corrected chi connectivity index (χ1v) is 7.46. The van der Waals surface area contributed by atoms with Crippen LogP contribution in [0, 0.1) is 6.92 Å². The maximum absolute atomic E-state index is 11.8. The number of carbonyl (C=O) groups excluding carboxylic acids is 1. The van der Waals surface area contributed by atoms with Gasteiger partial charge in [-0.3, -0.25) is 4.79 Å². The molecule has 23 heavy (non-hydrogen) atoms. The van der Waals surface area contributed by atoms with Gasteiger partial charge < -0.3 is 5.32 Å². The minimum absolute atomic E-state index is 0.175. The van der Waals surface area contributed by atoms with E-state index in [4.69, 9.17) is 0 Å². The molecular formula is C18H18N4O. The van der Waals surface area contributed by atoms with Gasteiger partial charge in [0.25, 0.3) is 0 Å². The third-order valence-corrected chi connectivity index (χ3v) is 3.51. The van der Waals surface area contributed by atoms with E-state index in [9.17, 15) is 4.79 Å². The molecule has 3 rings (SSSR count). The van der Waals surface area contributed by atoms with Gasteiger partial charge in [0, 0.05) is 19.0 Å². The summed E-state index contributed by atoms with van der Waals surface area (Å²) in [6, 6.07) is 17.9. The molecule has 0 aliphatic rings. The highest BCUT2D eigenvalue weighted by atomic mass is 16.2. The van der Waals surface area contributed by atoms with Gasteiger partial charge in [-0.05, 0) is 12.5 Å². The molecule has 0 saturated heterocycles. The van der Waals surface area contributed by atoms with Gasteiger partial charge in [-0.2, -0.15) is 9.67 Å². The molecule has 0 aliphatic carbocycles. The van der Waals surface area contributed by atoms with Crippen molar-refractivity contribution in [1.29, 1.82) is 0 Å². The normalized spacial score (nSPS) is 10.5. The van der Waals surface area contributed by atoms with E-state index >= 15 is 0 Å². The summed E-state index contributed by atoms with van der Waals surface area (Å²) in [7, 11) is 0. The Balaban J connectivity index is 1.87. The highest BCUT2D eigenvalue weighted by molar-refractivity contribution is 5.79. The van der Waals surface area contributed by atoms with Gasteiger partial charge in [0.05, 0.1) is 0 Å². The predicted octanol–water partition coefficient (Wildman–Crippen LogP) is 3.53. The van der Waals surface area contributed by atoms with Crippen LogP contribution in [0.1, 0.15) is 22.8 Å². The summed E-state index contributed by atoms with van der Waals surface area (Å²) in [6.07, 6.45) is 0. The number of hydrogen-bond acceptors (Lipinski definition) is 4. The van der Waals surface area contributed by atoms with Crippen LogP contribution in [0.2, 0.25) is 0 Å². The summed E-state index contributed by atoms with van der Waals surface area (Å²) in [5, 5.41) is 7.50. The Morgan fingerprint density at radius 3 is 2.43 bits per heavy atom. The van der Waals surface area contributed by atoms with Gasteiger partial charge in [0.1, 0.15) is 0 Å². The van der Waals surface area contributed by atoms with Crippen molar-refractivity contribution in [2.24, 2.45) is 0 Å². The van der Waals surface area contributed by atoms with Crippen LogP contribution in [0.15, 0.2) is 54.6 Å². The fraction of sp³-hybridized carbons (Fsp3) is 0.167. The molecule has 1 N–H and O–H groups in total. The van der Waals surface area contributed by atoms with Crippen LogP contribution < -0.4 is 5.32 Å². The summed E-state index contributed by atoms with van der Waals surface area (Å²) in [5.41, 5.74) is 3.17. The summed E-state index contributed by atoms with van der Waals surface area (Å²) >= 11 is 0. The largest absolute Gasteiger partial charge is 0.350 e. The van der Waals surface area contributed by atoms with Crippen LogP contribution in [0.4, 0.5) is 5.95 Å². The number of hydrogen-bond donors (Lipinski definition) is 1. The minimum Gasteiger partial charge on any atom is -0.350 e. The molecule has 0 saturated carbocycles. The number of aryl methyl sites for hydroxylation is 1. The van der Waals surface area contributed by atoms with E-state index < -0.39 is 0 Å². The molecule has 0 radical (unpaired) electrons. The lowest BCUT2D eigenvalue weighted by molar-refractivity contribution is 0.0924. The van der Waals surface area contributed by atoms with Crippen LogP contribution in [0.5, 0.6) is 0 Å². The second-order valence-corrected chi connectivity index (χ2v) is 5.40. The molecular weight excluding hydrogens is 288 g/mol. The quantitative estimate of drug-likeness (QED) is 0.801. The Bertz CT molecular complexity index is 807. The van der Waals surface area contributed by atoms with E-state index in [1.54, 1.807) is 0 Å². The molecule has 0 bridgehead atoms. The van der Waals surface area contributed by atoms with Gasteiger partial charge in [-0.15, -0.1) is 5.10 Å². The lowest BCUT2D eigenvalue weighted by Crippen LogP contribution is -2.13. The lowest BCUT2D eigenvalue weighted by atomic mass is 10.1. The molecule has 1 heterocycles. The number of aromatic nitrogens is 3. The Labute approximate surface area is 135 Å². The first-order chi connectivity index (χ1) is 11.1. The monoisotopic (exact) mass is 306 g/mol. The van der Waals surface area contributed by atoms with Crippen molar-refractivity contribution in [3.63, 3.8) is 0 Å². The SMILES string of the molecule is CC(=O)n1nc(-c2ccc(C)cc2)nc1NCc1ccccc1. The molecule has 0 aliphatic heterocycles. The smallest absolute Gasteiger partial charge is 0.246 e. The highest BCUT2D eigenvalue weighted by Gasteiger charge is 2.14. The van der Waals surface area contributed by atoms with Crippen molar-refractivity contribution in [2.45, 2.75) is 20.4 Å². The standard InChI is InChI=1S/C18H18N4O/c1-13-8-10-16(11-9-13)17-20-18(22(21-17)14(2)23)19-12-15-6-4-3-5-7-15/h3-11H,12H2,1-2H3,(H,19,20,21). The topological polar surface area (TPSA) is 59.8 Å². The molecule has 0 unspecified atom stereocenters. The Morgan fingerprint density at radius 1 is 1.09 bits per heavy atom. The Morgan fingerprint density at radius 2 is 1.78 bits per heavy atom. The van der Waals surface area contributed by atoms with E-state index in [0.29, 0.717) is 18.3 Å². The van der Waals surface area contributed by atoms with Gasteiger partial charge >= 0.3 is 0 Å². The third-order valence-electron chi connectivity index (χ3n) is 3.51. The first kappa shape index (κ1) is 15.0. The van der Waals surface area contributed by atoms with Crippen LogP contribution in [-0.4, -0.2) is 20.7 Å². The van der Waals surface area contributed by atoms with Crippen molar-refractivity contribution < 1.29 is 4.79 Å². The number of nitrogens with one attached hydrogen (secondary N) is 1. The lowest BCUT2D eigenvalue weighted by Gasteiger charge is -2.05. The first-order valence-electron chi connectivity index (χ1n) is 7.46. The Kier molecular flexibility index (Phi) is 4.19. The molecule has 0 atom stereocenters. The fourth-order valence-corrected chi connectivity index (χ4v) is 2.25. The molecule has 3 aromatic rings. The number of carbonyl (C=O) groups is 1. The van der Waals surface area contributed by atoms with Crippen LogP contribution in [-0.2, 0) is 6.54 Å². The van der Waals surface area contributed by atoms with E-state index in [1.807, 2.05) is 61.5 Å². The third kappa shape index (κ3) is 3.45. The van der Waals surface area contributed by atoms with Crippen LogP contribution in [0.25, 0.3) is 11.4 Å².